The number of amides is 1. The quantitative estimate of drug-likeness (QED) is 0.264. The molecule has 4 N–H and O–H groups in total. The third-order valence-electron chi connectivity index (χ3n) is 5.06. The van der Waals surface area contributed by atoms with E-state index in [1.807, 2.05) is 0 Å². The molecule has 1 aromatic rings. The van der Waals surface area contributed by atoms with Gasteiger partial charge in [-0.05, 0) is 77.1 Å². The van der Waals surface area contributed by atoms with Crippen molar-refractivity contribution >= 4 is 28.0 Å². The zero-order valence-electron chi connectivity index (χ0n) is 21.1. The number of carboxylic acids is 1. The van der Waals surface area contributed by atoms with Gasteiger partial charge in [-0.25, -0.2) is 22.7 Å². The summed E-state index contributed by atoms with van der Waals surface area (Å²) in [4.78, 5) is 28.9. The number of carbonyl (C=O) groups excluding carboxylic acids is 1. The number of ether oxygens (including phenoxy) is 2. The number of guanidine groups is 1. The lowest BCUT2D eigenvalue weighted by Gasteiger charge is -2.28. The van der Waals surface area contributed by atoms with Crippen LogP contribution in [-0.2, 0) is 19.6 Å². The topological polar surface area (TPSA) is 161 Å². The molecule has 0 bridgehead atoms. The van der Waals surface area contributed by atoms with E-state index in [2.05, 4.69) is 9.71 Å². The van der Waals surface area contributed by atoms with Crippen molar-refractivity contribution in [2.45, 2.75) is 70.9 Å². The van der Waals surface area contributed by atoms with Gasteiger partial charge in [-0.1, -0.05) is 0 Å². The molecule has 0 radical (unpaired) electrons. The third kappa shape index (κ3) is 7.79. The van der Waals surface area contributed by atoms with E-state index in [0.29, 0.717) is 22.4 Å². The first-order valence-corrected chi connectivity index (χ1v) is 12.2. The van der Waals surface area contributed by atoms with E-state index >= 15 is 0 Å². The van der Waals surface area contributed by atoms with Crippen LogP contribution in [0.15, 0.2) is 16.0 Å². The molecule has 0 heterocycles. The number of aliphatic imine (C=N–C) groups is 1. The zero-order valence-corrected chi connectivity index (χ0v) is 21.9. The van der Waals surface area contributed by atoms with Crippen LogP contribution in [-0.4, -0.2) is 68.8 Å². The molecule has 0 aliphatic heterocycles. The summed E-state index contributed by atoms with van der Waals surface area (Å²) in [7, 11) is -1.14. The van der Waals surface area contributed by atoms with Gasteiger partial charge in [0.1, 0.15) is 17.4 Å². The maximum atomic E-state index is 12.9. The molecule has 1 atom stereocenters. The van der Waals surface area contributed by atoms with Crippen molar-refractivity contribution in [3.05, 3.63) is 22.8 Å². The van der Waals surface area contributed by atoms with Crippen LogP contribution in [0.5, 0.6) is 5.75 Å². The highest BCUT2D eigenvalue weighted by atomic mass is 32.2. The number of benzene rings is 1. The summed E-state index contributed by atoms with van der Waals surface area (Å²) >= 11 is 0. The first-order valence-electron chi connectivity index (χ1n) is 10.7. The molecule has 0 spiro atoms. The fourth-order valence-electron chi connectivity index (χ4n) is 3.30. The number of likely N-dealkylation sites (N-methyl/N-ethyl adjacent to an activating group) is 1. The Morgan fingerprint density at radius 1 is 1.24 bits per heavy atom. The monoisotopic (exact) mass is 500 g/mol. The summed E-state index contributed by atoms with van der Waals surface area (Å²) in [5.74, 6) is -0.925. The van der Waals surface area contributed by atoms with Crippen molar-refractivity contribution in [1.82, 2.24) is 9.62 Å². The summed E-state index contributed by atoms with van der Waals surface area (Å²) in [5, 5.41) is 9.48. The Kier molecular flexibility index (Phi) is 9.73. The second kappa shape index (κ2) is 11.4. The normalized spacial score (nSPS) is 13.2. The molecule has 0 fully saturated rings. The number of carbonyl (C=O) groups is 2. The van der Waals surface area contributed by atoms with Crippen molar-refractivity contribution in [3.8, 4) is 5.75 Å². The lowest BCUT2D eigenvalue weighted by atomic mass is 10.1. The maximum Gasteiger partial charge on any atom is 0.410 e. The number of rotatable bonds is 9. The molecule has 1 aromatic carbocycles. The SMILES string of the molecule is COc1cc(C)c(S(=O)(=O)NC(N)=NCCCC(C(=O)O)N(C)C(=O)OC(C)(C)C)c(C)c1C. The molecule has 11 nitrogen and oxygen atoms in total. The molecule has 192 valence electrons. The van der Waals surface area contributed by atoms with Gasteiger partial charge in [0.05, 0.1) is 12.0 Å². The van der Waals surface area contributed by atoms with Crippen LogP contribution >= 0.6 is 0 Å². The highest BCUT2D eigenvalue weighted by molar-refractivity contribution is 7.90. The maximum absolute atomic E-state index is 12.9. The van der Waals surface area contributed by atoms with Crippen molar-refractivity contribution < 1.29 is 32.6 Å². The molecule has 1 rings (SSSR count). The van der Waals surface area contributed by atoms with Crippen LogP contribution in [0.1, 0.15) is 50.3 Å². The molecule has 0 saturated heterocycles. The Balaban J connectivity index is 2.86. The van der Waals surface area contributed by atoms with Crippen LogP contribution < -0.4 is 15.2 Å². The van der Waals surface area contributed by atoms with Crippen LogP contribution in [0.2, 0.25) is 0 Å². The molecule has 0 aliphatic carbocycles. The molecular weight excluding hydrogens is 464 g/mol. The molecule has 12 heteroatoms. The fourth-order valence-corrected chi connectivity index (χ4v) is 4.78. The molecule has 1 unspecified atom stereocenters. The van der Waals surface area contributed by atoms with E-state index in [1.54, 1.807) is 47.6 Å². The van der Waals surface area contributed by atoms with Gasteiger partial charge in [-0.2, -0.15) is 0 Å². The first-order chi connectivity index (χ1) is 15.5. The number of hydrogen-bond donors (Lipinski definition) is 3. The van der Waals surface area contributed by atoms with Crippen LogP contribution in [0.3, 0.4) is 0 Å². The van der Waals surface area contributed by atoms with E-state index in [4.69, 9.17) is 15.2 Å². The Bertz CT molecular complexity index is 1050. The number of aryl methyl sites for hydroxylation is 1. The average Bonchev–Trinajstić information content (AvgIpc) is 2.68. The Morgan fingerprint density at radius 3 is 2.32 bits per heavy atom. The lowest BCUT2D eigenvalue weighted by Crippen LogP contribution is -2.45. The van der Waals surface area contributed by atoms with Gasteiger partial charge >= 0.3 is 12.1 Å². The first kappa shape index (κ1) is 29.0. The minimum atomic E-state index is -4.00. The average molecular weight is 501 g/mol. The predicted octanol–water partition coefficient (Wildman–Crippen LogP) is 2.31. The number of sulfonamides is 1. The molecule has 34 heavy (non-hydrogen) atoms. The highest BCUT2D eigenvalue weighted by Gasteiger charge is 2.29. The van der Waals surface area contributed by atoms with Gasteiger partial charge in [0, 0.05) is 13.6 Å². The molecule has 0 aromatic heterocycles. The summed E-state index contributed by atoms with van der Waals surface area (Å²) < 4.78 is 38.5. The number of nitrogens with zero attached hydrogens (tertiary/aromatic N) is 2. The number of carboxylic acid groups (broad SMARTS) is 1. The van der Waals surface area contributed by atoms with E-state index in [1.165, 1.54) is 14.2 Å². The van der Waals surface area contributed by atoms with E-state index in [9.17, 15) is 23.1 Å². The molecular formula is C22H36N4O7S. The van der Waals surface area contributed by atoms with Gasteiger partial charge < -0.3 is 20.3 Å². The van der Waals surface area contributed by atoms with Crippen LogP contribution in [0, 0.1) is 20.8 Å². The summed E-state index contributed by atoms with van der Waals surface area (Å²) in [6, 6.07) is 0.507. The minimum absolute atomic E-state index is 0.0555. The Hall–Kier alpha value is -3.02. The Morgan fingerprint density at radius 2 is 1.82 bits per heavy atom. The number of methoxy groups -OCH3 is 1. The van der Waals surface area contributed by atoms with Gasteiger partial charge in [0.2, 0.25) is 5.96 Å². The van der Waals surface area contributed by atoms with Gasteiger partial charge in [-0.15, -0.1) is 0 Å². The second-order valence-corrected chi connectivity index (χ2v) is 10.6. The lowest BCUT2D eigenvalue weighted by molar-refractivity contribution is -0.142. The second-order valence-electron chi connectivity index (χ2n) is 8.93. The number of aliphatic carboxylic acids is 1. The van der Waals surface area contributed by atoms with Crippen LogP contribution in [0.25, 0.3) is 0 Å². The number of nitrogens with one attached hydrogen (secondary N) is 1. The number of nitrogens with two attached hydrogens (primary N) is 1. The summed E-state index contributed by atoms with van der Waals surface area (Å²) in [6.07, 6.45) is -0.437. The molecule has 0 aliphatic rings. The van der Waals surface area contributed by atoms with Crippen molar-refractivity contribution in [3.63, 3.8) is 0 Å². The van der Waals surface area contributed by atoms with Crippen molar-refractivity contribution in [2.24, 2.45) is 10.7 Å². The minimum Gasteiger partial charge on any atom is -0.496 e. The van der Waals surface area contributed by atoms with Crippen LogP contribution in [0.4, 0.5) is 4.79 Å². The predicted molar refractivity (Wildman–Crippen MR) is 129 cm³/mol. The smallest absolute Gasteiger partial charge is 0.410 e. The summed E-state index contributed by atoms with van der Waals surface area (Å²) in [5.41, 5.74) is 6.74. The third-order valence-corrected chi connectivity index (χ3v) is 6.70. The van der Waals surface area contributed by atoms with Gasteiger partial charge in [0.25, 0.3) is 10.0 Å². The largest absolute Gasteiger partial charge is 0.496 e. The molecule has 1 amide bonds. The zero-order chi connectivity index (χ0) is 26.4. The summed E-state index contributed by atoms with van der Waals surface area (Å²) in [6.45, 7) is 10.2. The van der Waals surface area contributed by atoms with E-state index in [0.717, 1.165) is 4.90 Å². The van der Waals surface area contributed by atoms with E-state index in [-0.39, 0.29) is 30.2 Å². The fraction of sp³-hybridized carbons (Fsp3) is 0.591. The van der Waals surface area contributed by atoms with Crippen molar-refractivity contribution in [2.75, 3.05) is 20.7 Å². The van der Waals surface area contributed by atoms with Gasteiger partial charge in [-0.3, -0.25) is 9.89 Å². The van der Waals surface area contributed by atoms with Crippen molar-refractivity contribution in [1.29, 1.82) is 0 Å². The molecule has 0 saturated carbocycles. The van der Waals surface area contributed by atoms with Gasteiger partial charge in [0.15, 0.2) is 0 Å². The number of hydrogen-bond acceptors (Lipinski definition) is 7. The Labute approximate surface area is 201 Å². The standard InChI is InChI=1S/C22H36N4O7S/c1-13-12-17(32-8)14(2)15(3)18(13)34(30,31)25-20(23)24-11-9-10-16(19(27)28)26(7)21(29)33-22(4,5)6/h12,16H,9-11H2,1-8H3,(H,27,28)(H3,23,24,25). The highest BCUT2D eigenvalue weighted by Crippen LogP contribution is 2.30. The van der Waals surface area contributed by atoms with E-state index < -0.39 is 33.7 Å².